The van der Waals surface area contributed by atoms with Gasteiger partial charge in [-0.1, -0.05) is 0 Å². The van der Waals surface area contributed by atoms with Crippen molar-refractivity contribution < 1.29 is 9.90 Å². The average Bonchev–Trinajstić information content (AvgIpc) is 1.80. The molecule has 0 radical (unpaired) electrons. The summed E-state index contributed by atoms with van der Waals surface area (Å²) in [4.78, 5) is 10.9. The van der Waals surface area contributed by atoms with Gasteiger partial charge >= 0.3 is 0 Å². The number of hydrogen-bond donors (Lipinski definition) is 3. The molecule has 0 unspecified atom stereocenters. The fourth-order valence-electron chi connectivity index (χ4n) is 0.397. The van der Waals surface area contributed by atoms with Crippen LogP contribution in [-0.4, -0.2) is 29.7 Å². The van der Waals surface area contributed by atoms with Crippen molar-refractivity contribution in [2.24, 2.45) is 5.73 Å². The van der Waals surface area contributed by atoms with E-state index in [-0.39, 0.29) is 19.1 Å². The first-order valence-electron chi connectivity index (χ1n) is 3.16. The second-order valence-corrected chi connectivity index (χ2v) is 2.70. The van der Waals surface area contributed by atoms with Gasteiger partial charge in [0.1, 0.15) is 0 Å². The minimum atomic E-state index is -0.852. The largest absolute Gasteiger partial charge is 0.395 e. The SMILES string of the molecule is CC(C)(N)C(=O)NCCO. The van der Waals surface area contributed by atoms with Gasteiger partial charge in [0.2, 0.25) is 5.91 Å². The van der Waals surface area contributed by atoms with E-state index in [1.807, 2.05) is 0 Å². The summed E-state index contributed by atoms with van der Waals surface area (Å²) in [5, 5.41) is 10.8. The fourth-order valence-corrected chi connectivity index (χ4v) is 0.397. The molecular weight excluding hydrogens is 132 g/mol. The standard InChI is InChI=1S/C6H14N2O2/c1-6(2,7)5(10)8-3-4-9/h9H,3-4,7H2,1-2H3,(H,8,10). The number of aliphatic hydroxyl groups excluding tert-OH is 1. The highest BCUT2D eigenvalue weighted by Gasteiger charge is 2.20. The lowest BCUT2D eigenvalue weighted by Crippen LogP contribution is -2.49. The van der Waals surface area contributed by atoms with E-state index in [9.17, 15) is 4.79 Å². The molecule has 0 spiro atoms. The van der Waals surface area contributed by atoms with E-state index in [4.69, 9.17) is 10.8 Å². The Bertz CT molecular complexity index is 117. The van der Waals surface area contributed by atoms with Gasteiger partial charge in [0.05, 0.1) is 12.1 Å². The van der Waals surface area contributed by atoms with Crippen LogP contribution in [0.5, 0.6) is 0 Å². The molecule has 0 aliphatic carbocycles. The Morgan fingerprint density at radius 3 is 2.50 bits per heavy atom. The van der Waals surface area contributed by atoms with E-state index < -0.39 is 5.54 Å². The summed E-state index contributed by atoms with van der Waals surface area (Å²) in [6.07, 6.45) is 0. The summed E-state index contributed by atoms with van der Waals surface area (Å²) in [5.74, 6) is -0.249. The van der Waals surface area contributed by atoms with E-state index in [1.165, 1.54) is 0 Å². The molecule has 1 amide bonds. The molecule has 10 heavy (non-hydrogen) atoms. The van der Waals surface area contributed by atoms with Gasteiger partial charge in [0.15, 0.2) is 0 Å². The fraction of sp³-hybridized carbons (Fsp3) is 0.833. The smallest absolute Gasteiger partial charge is 0.239 e. The van der Waals surface area contributed by atoms with Crippen LogP contribution in [0.3, 0.4) is 0 Å². The highest BCUT2D eigenvalue weighted by atomic mass is 16.3. The number of nitrogens with two attached hydrogens (primary N) is 1. The van der Waals surface area contributed by atoms with Crippen molar-refractivity contribution in [2.45, 2.75) is 19.4 Å². The molecule has 0 saturated carbocycles. The molecular formula is C6H14N2O2. The molecule has 0 fully saturated rings. The first-order chi connectivity index (χ1) is 4.48. The lowest BCUT2D eigenvalue weighted by atomic mass is 10.1. The predicted molar refractivity (Wildman–Crippen MR) is 38.4 cm³/mol. The van der Waals surface area contributed by atoms with Crippen LogP contribution in [0.25, 0.3) is 0 Å². The van der Waals surface area contributed by atoms with Crippen LogP contribution >= 0.6 is 0 Å². The van der Waals surface area contributed by atoms with Crippen molar-refractivity contribution in [3.8, 4) is 0 Å². The summed E-state index contributed by atoms with van der Waals surface area (Å²) < 4.78 is 0. The first kappa shape index (κ1) is 9.39. The Kier molecular flexibility index (Phi) is 3.32. The van der Waals surface area contributed by atoms with Crippen molar-refractivity contribution in [1.29, 1.82) is 0 Å². The summed E-state index contributed by atoms with van der Waals surface area (Å²) >= 11 is 0. The van der Waals surface area contributed by atoms with Crippen molar-refractivity contribution in [2.75, 3.05) is 13.2 Å². The third-order valence-electron chi connectivity index (χ3n) is 0.983. The molecule has 4 N–H and O–H groups in total. The average molecular weight is 146 g/mol. The van der Waals surface area contributed by atoms with Crippen LogP contribution in [0.4, 0.5) is 0 Å². The van der Waals surface area contributed by atoms with E-state index in [0.717, 1.165) is 0 Å². The molecule has 0 heterocycles. The number of carbonyl (C=O) groups excluding carboxylic acids is 1. The second-order valence-electron chi connectivity index (χ2n) is 2.70. The van der Waals surface area contributed by atoms with E-state index >= 15 is 0 Å². The maximum atomic E-state index is 10.9. The van der Waals surface area contributed by atoms with Crippen LogP contribution in [0.1, 0.15) is 13.8 Å². The van der Waals surface area contributed by atoms with E-state index in [2.05, 4.69) is 5.32 Å². The maximum Gasteiger partial charge on any atom is 0.239 e. The number of hydrogen-bond acceptors (Lipinski definition) is 3. The lowest BCUT2D eigenvalue weighted by Gasteiger charge is -2.16. The Hall–Kier alpha value is -0.610. The zero-order valence-corrected chi connectivity index (χ0v) is 6.35. The normalized spacial score (nSPS) is 11.2. The Morgan fingerprint density at radius 1 is 1.70 bits per heavy atom. The Labute approximate surface area is 60.4 Å². The van der Waals surface area contributed by atoms with Crippen LogP contribution in [0.2, 0.25) is 0 Å². The van der Waals surface area contributed by atoms with Gasteiger partial charge in [-0.2, -0.15) is 0 Å². The monoisotopic (exact) mass is 146 g/mol. The molecule has 0 bridgehead atoms. The topological polar surface area (TPSA) is 75.4 Å². The number of aliphatic hydroxyl groups is 1. The molecule has 4 heteroatoms. The van der Waals surface area contributed by atoms with Gasteiger partial charge < -0.3 is 16.2 Å². The van der Waals surface area contributed by atoms with Crippen molar-refractivity contribution in [3.63, 3.8) is 0 Å². The number of rotatable bonds is 3. The molecule has 0 rings (SSSR count). The predicted octanol–water partition coefficient (Wildman–Crippen LogP) is -1.17. The minimum absolute atomic E-state index is 0.0537. The van der Waals surface area contributed by atoms with Crippen molar-refractivity contribution in [1.82, 2.24) is 5.32 Å². The second kappa shape index (κ2) is 3.53. The van der Waals surface area contributed by atoms with Gasteiger partial charge in [-0.05, 0) is 13.8 Å². The quantitative estimate of drug-likeness (QED) is 0.469. The summed E-state index contributed by atoms with van der Waals surface area (Å²) in [6.45, 7) is 3.43. The van der Waals surface area contributed by atoms with E-state index in [1.54, 1.807) is 13.8 Å². The van der Waals surface area contributed by atoms with Gasteiger partial charge in [-0.25, -0.2) is 0 Å². The molecule has 0 aliphatic rings. The van der Waals surface area contributed by atoms with Gasteiger partial charge in [-0.3, -0.25) is 4.79 Å². The molecule has 0 saturated heterocycles. The Morgan fingerprint density at radius 2 is 2.20 bits per heavy atom. The van der Waals surface area contributed by atoms with Gasteiger partial charge in [-0.15, -0.1) is 0 Å². The molecule has 0 aliphatic heterocycles. The van der Waals surface area contributed by atoms with Gasteiger partial charge in [0, 0.05) is 6.54 Å². The molecule has 0 atom stereocenters. The van der Waals surface area contributed by atoms with Crippen LogP contribution in [0.15, 0.2) is 0 Å². The van der Waals surface area contributed by atoms with Crippen molar-refractivity contribution >= 4 is 5.91 Å². The number of nitrogens with one attached hydrogen (secondary N) is 1. The van der Waals surface area contributed by atoms with Crippen LogP contribution in [0, 0.1) is 0 Å². The maximum absolute atomic E-state index is 10.9. The zero-order valence-electron chi connectivity index (χ0n) is 6.35. The molecule has 60 valence electrons. The number of carbonyl (C=O) groups is 1. The highest BCUT2D eigenvalue weighted by molar-refractivity contribution is 5.84. The highest BCUT2D eigenvalue weighted by Crippen LogP contribution is 1.94. The molecule has 0 aromatic rings. The van der Waals surface area contributed by atoms with Gasteiger partial charge in [0.25, 0.3) is 0 Å². The third kappa shape index (κ3) is 3.42. The van der Waals surface area contributed by atoms with E-state index in [0.29, 0.717) is 0 Å². The van der Waals surface area contributed by atoms with Crippen molar-refractivity contribution in [3.05, 3.63) is 0 Å². The molecule has 0 aromatic carbocycles. The summed E-state index contributed by atoms with van der Waals surface area (Å²) in [6, 6.07) is 0. The third-order valence-corrected chi connectivity index (χ3v) is 0.983. The first-order valence-corrected chi connectivity index (χ1v) is 3.16. The Balaban J connectivity index is 3.64. The zero-order chi connectivity index (χ0) is 8.20. The summed E-state index contributed by atoms with van der Waals surface area (Å²) in [7, 11) is 0. The summed E-state index contributed by atoms with van der Waals surface area (Å²) in [5.41, 5.74) is 4.57. The molecule has 4 nitrogen and oxygen atoms in total. The van der Waals surface area contributed by atoms with Crippen LogP contribution in [-0.2, 0) is 4.79 Å². The van der Waals surface area contributed by atoms with Crippen LogP contribution < -0.4 is 11.1 Å². The molecule has 0 aromatic heterocycles. The number of amides is 1. The lowest BCUT2D eigenvalue weighted by molar-refractivity contribution is -0.125. The minimum Gasteiger partial charge on any atom is -0.395 e.